The first-order valence-corrected chi connectivity index (χ1v) is 9.80. The van der Waals surface area contributed by atoms with Crippen LogP contribution in [0.15, 0.2) is 60.8 Å². The van der Waals surface area contributed by atoms with Crippen LogP contribution >= 0.6 is 0 Å². The number of hydrogen-bond donors (Lipinski definition) is 2. The molecule has 1 amide bonds. The maximum Gasteiger partial charge on any atom is 0.256 e. The zero-order valence-corrected chi connectivity index (χ0v) is 15.8. The van der Waals surface area contributed by atoms with Crippen molar-refractivity contribution in [3.63, 3.8) is 0 Å². The van der Waals surface area contributed by atoms with Gasteiger partial charge < -0.3 is 10.4 Å². The molecule has 28 heavy (non-hydrogen) atoms. The molecule has 1 aromatic heterocycles. The molecule has 144 valence electrons. The summed E-state index contributed by atoms with van der Waals surface area (Å²) in [6.07, 6.45) is 3.91. The summed E-state index contributed by atoms with van der Waals surface area (Å²) in [7, 11) is 0. The van der Waals surface area contributed by atoms with Crippen molar-refractivity contribution in [1.29, 1.82) is 0 Å². The zero-order valence-electron chi connectivity index (χ0n) is 15.8. The first-order chi connectivity index (χ1) is 13.7. The molecule has 1 aliphatic rings. The van der Waals surface area contributed by atoms with Gasteiger partial charge in [-0.05, 0) is 54.5 Å². The number of amides is 1. The van der Waals surface area contributed by atoms with E-state index in [1.165, 1.54) is 0 Å². The van der Waals surface area contributed by atoms with Crippen molar-refractivity contribution in [2.75, 3.05) is 25.0 Å². The molecule has 0 bridgehead atoms. The van der Waals surface area contributed by atoms with Crippen LogP contribution in [0.4, 0.5) is 5.82 Å². The second-order valence-corrected chi connectivity index (χ2v) is 7.46. The van der Waals surface area contributed by atoms with E-state index in [1.807, 2.05) is 48.5 Å². The van der Waals surface area contributed by atoms with Crippen LogP contribution in [-0.2, 0) is 6.54 Å². The number of likely N-dealkylation sites (tertiary alicyclic amines) is 1. The third-order valence-electron chi connectivity index (χ3n) is 5.36. The number of aliphatic hydroxyl groups is 1. The molecule has 3 aromatic rings. The van der Waals surface area contributed by atoms with E-state index in [1.54, 1.807) is 6.20 Å². The number of anilines is 1. The molecule has 5 heteroatoms. The fraction of sp³-hybridized carbons (Fsp3) is 0.304. The molecule has 5 nitrogen and oxygen atoms in total. The molecule has 2 N–H and O–H groups in total. The Bertz CT molecular complexity index is 967. The predicted octanol–water partition coefficient (Wildman–Crippen LogP) is 3.69. The number of nitrogens with one attached hydrogen (secondary N) is 1. The summed E-state index contributed by atoms with van der Waals surface area (Å²) in [4.78, 5) is 19.5. The number of piperidine rings is 1. The largest absolute Gasteiger partial charge is 0.396 e. The Balaban J connectivity index is 1.48. The monoisotopic (exact) mass is 375 g/mol. The summed E-state index contributed by atoms with van der Waals surface area (Å²) in [5.41, 5.74) is 1.74. The van der Waals surface area contributed by atoms with Crippen molar-refractivity contribution < 1.29 is 9.90 Å². The topological polar surface area (TPSA) is 65.5 Å². The molecule has 2 aromatic carbocycles. The van der Waals surface area contributed by atoms with Crippen molar-refractivity contribution in [2.24, 2.45) is 5.92 Å². The lowest BCUT2D eigenvalue weighted by molar-refractivity contribution is 0.102. The van der Waals surface area contributed by atoms with Crippen molar-refractivity contribution in [1.82, 2.24) is 9.88 Å². The van der Waals surface area contributed by atoms with Gasteiger partial charge in [0.05, 0.1) is 0 Å². The summed E-state index contributed by atoms with van der Waals surface area (Å²) in [6.45, 7) is 2.99. The number of aromatic nitrogens is 1. The first kappa shape index (κ1) is 18.6. The van der Waals surface area contributed by atoms with Gasteiger partial charge in [-0.15, -0.1) is 0 Å². The minimum absolute atomic E-state index is 0.155. The Morgan fingerprint density at radius 3 is 2.96 bits per heavy atom. The average molecular weight is 375 g/mol. The van der Waals surface area contributed by atoms with Gasteiger partial charge in [-0.2, -0.15) is 0 Å². The van der Waals surface area contributed by atoms with E-state index in [9.17, 15) is 9.90 Å². The molecule has 0 unspecified atom stereocenters. The van der Waals surface area contributed by atoms with E-state index in [0.717, 1.165) is 48.8 Å². The number of hydrogen-bond acceptors (Lipinski definition) is 4. The van der Waals surface area contributed by atoms with Crippen molar-refractivity contribution >= 4 is 22.5 Å². The summed E-state index contributed by atoms with van der Waals surface area (Å²) < 4.78 is 0. The number of nitrogens with zero attached hydrogens (tertiary/aromatic N) is 2. The van der Waals surface area contributed by atoms with E-state index in [-0.39, 0.29) is 12.5 Å². The summed E-state index contributed by atoms with van der Waals surface area (Å²) >= 11 is 0. The average Bonchev–Trinajstić information content (AvgIpc) is 2.74. The number of pyridine rings is 1. The van der Waals surface area contributed by atoms with Gasteiger partial charge in [0.1, 0.15) is 5.82 Å². The van der Waals surface area contributed by atoms with Crippen LogP contribution in [0, 0.1) is 5.92 Å². The van der Waals surface area contributed by atoms with E-state index in [0.29, 0.717) is 17.3 Å². The molecular formula is C23H25N3O2. The minimum Gasteiger partial charge on any atom is -0.396 e. The summed E-state index contributed by atoms with van der Waals surface area (Å²) in [5, 5.41) is 14.3. The van der Waals surface area contributed by atoms with Crippen LogP contribution in [0.25, 0.3) is 10.8 Å². The first-order valence-electron chi connectivity index (χ1n) is 9.80. The van der Waals surface area contributed by atoms with Crippen LogP contribution < -0.4 is 5.32 Å². The Labute approximate surface area is 165 Å². The highest BCUT2D eigenvalue weighted by Gasteiger charge is 2.19. The molecule has 1 fully saturated rings. The standard InChI is InChI=1S/C23H25N3O2/c27-16-18-6-4-12-26(15-18)14-17-5-3-8-20(13-17)23(28)25-22-21-9-2-1-7-19(21)10-11-24-22/h1-3,5,7-11,13,18,27H,4,6,12,14-16H2,(H,24,25,28)/t18-/m0/s1. The number of carbonyl (C=O) groups is 1. The van der Waals surface area contributed by atoms with Crippen LogP contribution in [0.1, 0.15) is 28.8 Å². The van der Waals surface area contributed by atoms with Crippen molar-refractivity contribution in [2.45, 2.75) is 19.4 Å². The second kappa shape index (κ2) is 8.50. The van der Waals surface area contributed by atoms with Crippen LogP contribution in [0.2, 0.25) is 0 Å². The lowest BCUT2D eigenvalue weighted by Gasteiger charge is -2.31. The quantitative estimate of drug-likeness (QED) is 0.714. The molecule has 1 aliphatic heterocycles. The lowest BCUT2D eigenvalue weighted by atomic mass is 9.98. The van der Waals surface area contributed by atoms with E-state index < -0.39 is 0 Å². The number of fused-ring (bicyclic) bond motifs is 1. The van der Waals surface area contributed by atoms with Crippen LogP contribution in [0.3, 0.4) is 0 Å². The minimum atomic E-state index is -0.155. The third-order valence-corrected chi connectivity index (χ3v) is 5.36. The lowest BCUT2D eigenvalue weighted by Crippen LogP contribution is -2.36. The van der Waals surface area contributed by atoms with E-state index in [4.69, 9.17) is 0 Å². The molecule has 2 heterocycles. The molecule has 0 radical (unpaired) electrons. The SMILES string of the molecule is O=C(Nc1nccc2ccccc12)c1cccc(CN2CCC[C@H](CO)C2)c1. The Morgan fingerprint density at radius 2 is 2.07 bits per heavy atom. The fourth-order valence-corrected chi connectivity index (χ4v) is 3.91. The van der Waals surface area contributed by atoms with Gasteiger partial charge in [0.2, 0.25) is 0 Å². The predicted molar refractivity (Wildman–Crippen MR) is 111 cm³/mol. The Kier molecular flexibility index (Phi) is 5.65. The molecular weight excluding hydrogens is 350 g/mol. The maximum absolute atomic E-state index is 12.8. The van der Waals surface area contributed by atoms with Crippen molar-refractivity contribution in [3.8, 4) is 0 Å². The van der Waals surface area contributed by atoms with Gasteiger partial charge in [-0.25, -0.2) is 4.98 Å². The third kappa shape index (κ3) is 4.21. The van der Waals surface area contributed by atoms with Crippen molar-refractivity contribution in [3.05, 3.63) is 71.9 Å². The molecule has 1 atom stereocenters. The summed E-state index contributed by atoms with van der Waals surface area (Å²) in [6, 6.07) is 17.6. The molecule has 4 rings (SSSR count). The van der Waals surface area contributed by atoms with Crippen LogP contribution in [-0.4, -0.2) is 40.6 Å². The Morgan fingerprint density at radius 1 is 1.18 bits per heavy atom. The number of benzene rings is 2. The number of aliphatic hydroxyl groups excluding tert-OH is 1. The normalized spacial score (nSPS) is 17.5. The van der Waals surface area contributed by atoms with E-state index >= 15 is 0 Å². The van der Waals surface area contributed by atoms with Gasteiger partial charge in [0.15, 0.2) is 0 Å². The smallest absolute Gasteiger partial charge is 0.256 e. The molecule has 0 spiro atoms. The summed E-state index contributed by atoms with van der Waals surface area (Å²) in [5.74, 6) is 0.783. The van der Waals surface area contributed by atoms with E-state index in [2.05, 4.69) is 21.3 Å². The van der Waals surface area contributed by atoms with Gasteiger partial charge >= 0.3 is 0 Å². The van der Waals surface area contributed by atoms with Gasteiger partial charge in [-0.3, -0.25) is 9.69 Å². The molecule has 0 saturated carbocycles. The number of rotatable bonds is 5. The highest BCUT2D eigenvalue weighted by molar-refractivity contribution is 6.08. The van der Waals surface area contributed by atoms with Gasteiger partial charge in [0, 0.05) is 36.8 Å². The van der Waals surface area contributed by atoms with Gasteiger partial charge in [0.25, 0.3) is 5.91 Å². The molecule has 0 aliphatic carbocycles. The van der Waals surface area contributed by atoms with Gasteiger partial charge in [-0.1, -0.05) is 36.4 Å². The van der Waals surface area contributed by atoms with Crippen LogP contribution in [0.5, 0.6) is 0 Å². The highest BCUT2D eigenvalue weighted by Crippen LogP contribution is 2.22. The fourth-order valence-electron chi connectivity index (χ4n) is 3.91. The zero-order chi connectivity index (χ0) is 19.3. The highest BCUT2D eigenvalue weighted by atomic mass is 16.3. The molecule has 1 saturated heterocycles. The maximum atomic E-state index is 12.8. The Hall–Kier alpha value is -2.76. The number of carbonyl (C=O) groups excluding carboxylic acids is 1. The second-order valence-electron chi connectivity index (χ2n) is 7.46.